The van der Waals surface area contributed by atoms with Gasteiger partial charge in [-0.1, -0.05) is 23.7 Å². The molecule has 1 N–H and O–H groups in total. The molecule has 9 heteroatoms. The summed E-state index contributed by atoms with van der Waals surface area (Å²) in [6, 6.07) is 11.9. The van der Waals surface area contributed by atoms with Gasteiger partial charge in [0.25, 0.3) is 0 Å². The highest BCUT2D eigenvalue weighted by Gasteiger charge is 2.24. The Kier molecular flexibility index (Phi) is 8.39. The van der Waals surface area contributed by atoms with Gasteiger partial charge < -0.3 is 10.1 Å². The molecule has 0 heterocycles. The van der Waals surface area contributed by atoms with E-state index in [4.69, 9.17) is 16.3 Å². The molecule has 0 saturated heterocycles. The summed E-state index contributed by atoms with van der Waals surface area (Å²) in [5.41, 5.74) is 0.944. The molecule has 1 amide bonds. The van der Waals surface area contributed by atoms with E-state index < -0.39 is 15.9 Å². The molecule has 1 unspecified atom stereocenters. The molecule has 0 aliphatic heterocycles. The van der Waals surface area contributed by atoms with E-state index >= 15 is 0 Å². The van der Waals surface area contributed by atoms with Crippen molar-refractivity contribution in [1.29, 1.82) is 0 Å². The minimum Gasteiger partial charge on any atom is -0.492 e. The van der Waals surface area contributed by atoms with E-state index in [-0.39, 0.29) is 22.5 Å². The molecule has 6 nitrogen and oxygen atoms in total. The number of nitrogens with zero attached hydrogens (tertiary/aromatic N) is 1. The summed E-state index contributed by atoms with van der Waals surface area (Å²) in [5, 5.41) is 3.03. The highest BCUT2D eigenvalue weighted by molar-refractivity contribution is 7.98. The second kappa shape index (κ2) is 10.3. The van der Waals surface area contributed by atoms with E-state index in [9.17, 15) is 13.2 Å². The summed E-state index contributed by atoms with van der Waals surface area (Å²) in [7, 11) is -2.51. The Morgan fingerprint density at radius 2 is 1.90 bits per heavy atom. The number of halogens is 1. The molecule has 0 fully saturated rings. The molecular weight excluding hydrogens is 432 g/mol. The number of amides is 1. The summed E-state index contributed by atoms with van der Waals surface area (Å²) >= 11 is 7.73. The van der Waals surface area contributed by atoms with Gasteiger partial charge in [0.15, 0.2) is 0 Å². The van der Waals surface area contributed by atoms with E-state index in [0.29, 0.717) is 12.4 Å². The van der Waals surface area contributed by atoms with Gasteiger partial charge in [-0.2, -0.15) is 4.31 Å². The minimum atomic E-state index is -3.87. The first-order chi connectivity index (χ1) is 13.7. The molecule has 0 saturated carbocycles. The van der Waals surface area contributed by atoms with Crippen LogP contribution in [0.1, 0.15) is 25.5 Å². The van der Waals surface area contributed by atoms with Crippen LogP contribution >= 0.6 is 23.4 Å². The third-order valence-electron chi connectivity index (χ3n) is 4.27. The second-order valence-electron chi connectivity index (χ2n) is 6.35. The predicted octanol–water partition coefficient (Wildman–Crippen LogP) is 3.96. The molecule has 2 rings (SSSR count). The Bertz CT molecular complexity index is 949. The SMILES string of the molecule is CCOc1ccc(S(=O)(=O)N(C)CC(=O)NC(C)c2ccc(SC)cc2)cc1Cl. The molecule has 0 aliphatic carbocycles. The number of benzene rings is 2. The zero-order valence-electron chi connectivity index (χ0n) is 16.8. The number of carbonyl (C=O) groups excluding carboxylic acids is 1. The van der Waals surface area contributed by atoms with Crippen LogP contribution in [0.3, 0.4) is 0 Å². The van der Waals surface area contributed by atoms with Crippen molar-refractivity contribution in [2.45, 2.75) is 29.7 Å². The van der Waals surface area contributed by atoms with Crippen LogP contribution in [0.5, 0.6) is 5.75 Å². The van der Waals surface area contributed by atoms with Gasteiger partial charge in [0.1, 0.15) is 5.75 Å². The maximum absolute atomic E-state index is 12.8. The number of hydrogen-bond donors (Lipinski definition) is 1. The number of rotatable bonds is 9. The monoisotopic (exact) mass is 456 g/mol. The van der Waals surface area contributed by atoms with Gasteiger partial charge in [0, 0.05) is 11.9 Å². The van der Waals surface area contributed by atoms with Gasteiger partial charge in [0.2, 0.25) is 15.9 Å². The zero-order chi connectivity index (χ0) is 21.6. The number of nitrogens with one attached hydrogen (secondary N) is 1. The lowest BCUT2D eigenvalue weighted by Crippen LogP contribution is -2.39. The van der Waals surface area contributed by atoms with E-state index in [2.05, 4.69) is 5.32 Å². The molecule has 29 heavy (non-hydrogen) atoms. The minimum absolute atomic E-state index is 0.00181. The number of likely N-dealkylation sites (N-methyl/N-ethyl adjacent to an activating group) is 1. The van der Waals surface area contributed by atoms with E-state index in [1.807, 2.05) is 44.4 Å². The lowest BCUT2D eigenvalue weighted by molar-refractivity contribution is -0.121. The summed E-state index contributed by atoms with van der Waals surface area (Å²) < 4.78 is 31.8. The fourth-order valence-corrected chi connectivity index (χ4v) is 4.51. The third-order valence-corrected chi connectivity index (χ3v) is 7.11. The number of ether oxygens (including phenoxy) is 1. The first kappa shape index (κ1) is 23.5. The van der Waals surface area contributed by atoms with Crippen LogP contribution in [0.15, 0.2) is 52.3 Å². The van der Waals surface area contributed by atoms with Crippen molar-refractivity contribution in [3.8, 4) is 5.75 Å². The Balaban J connectivity index is 2.04. The molecule has 0 aromatic heterocycles. The first-order valence-electron chi connectivity index (χ1n) is 9.01. The molecule has 0 aliphatic rings. The Morgan fingerprint density at radius 1 is 1.24 bits per heavy atom. The molecule has 0 radical (unpaired) electrons. The number of carbonyl (C=O) groups is 1. The van der Waals surface area contributed by atoms with Gasteiger partial charge in [-0.05, 0) is 56.0 Å². The lowest BCUT2D eigenvalue weighted by Gasteiger charge is -2.20. The normalized spacial score (nSPS) is 12.6. The van der Waals surface area contributed by atoms with Crippen molar-refractivity contribution in [3.63, 3.8) is 0 Å². The summed E-state index contributed by atoms with van der Waals surface area (Å²) in [6.07, 6.45) is 1.99. The molecular formula is C20H25ClN2O4S2. The Labute approximate surface area is 181 Å². The molecule has 0 bridgehead atoms. The van der Waals surface area contributed by atoms with Crippen LogP contribution < -0.4 is 10.1 Å². The average molecular weight is 457 g/mol. The number of hydrogen-bond acceptors (Lipinski definition) is 5. The zero-order valence-corrected chi connectivity index (χ0v) is 19.2. The lowest BCUT2D eigenvalue weighted by atomic mass is 10.1. The van der Waals surface area contributed by atoms with Crippen LogP contribution in [-0.4, -0.2) is 45.1 Å². The highest BCUT2D eigenvalue weighted by atomic mass is 35.5. The molecule has 2 aromatic carbocycles. The van der Waals surface area contributed by atoms with Gasteiger partial charge in [-0.25, -0.2) is 8.42 Å². The van der Waals surface area contributed by atoms with Crippen molar-refractivity contribution >= 4 is 39.3 Å². The smallest absolute Gasteiger partial charge is 0.243 e. The third kappa shape index (κ3) is 6.12. The van der Waals surface area contributed by atoms with Gasteiger partial charge >= 0.3 is 0 Å². The second-order valence-corrected chi connectivity index (χ2v) is 9.68. The van der Waals surface area contributed by atoms with Crippen molar-refractivity contribution in [3.05, 3.63) is 53.1 Å². The standard InChI is InChI=1S/C20H25ClN2O4S2/c1-5-27-19-11-10-17(12-18(19)21)29(25,26)23(3)13-20(24)22-14(2)15-6-8-16(28-4)9-7-15/h6-12,14H,5,13H2,1-4H3,(H,22,24). The van der Waals surface area contributed by atoms with Crippen molar-refractivity contribution in [2.75, 3.05) is 26.5 Å². The van der Waals surface area contributed by atoms with Crippen LogP contribution in [0.25, 0.3) is 0 Å². The predicted molar refractivity (Wildman–Crippen MR) is 117 cm³/mol. The van der Waals surface area contributed by atoms with E-state index in [0.717, 1.165) is 14.8 Å². The van der Waals surface area contributed by atoms with Crippen LogP contribution in [0.4, 0.5) is 0 Å². The molecule has 2 aromatic rings. The molecule has 0 spiro atoms. The van der Waals surface area contributed by atoms with Gasteiger partial charge in [0.05, 0.1) is 29.1 Å². The van der Waals surface area contributed by atoms with Crippen molar-refractivity contribution < 1.29 is 17.9 Å². The largest absolute Gasteiger partial charge is 0.492 e. The maximum atomic E-state index is 12.8. The van der Waals surface area contributed by atoms with Crippen LogP contribution in [0.2, 0.25) is 5.02 Å². The summed E-state index contributed by atoms with van der Waals surface area (Å²) in [5.74, 6) is 0.0179. The topological polar surface area (TPSA) is 75.7 Å². The van der Waals surface area contributed by atoms with Gasteiger partial charge in [-0.3, -0.25) is 4.79 Å². The summed E-state index contributed by atoms with van der Waals surface area (Å²) in [4.78, 5) is 13.5. The molecule has 1 atom stereocenters. The Hall–Kier alpha value is -1.74. The maximum Gasteiger partial charge on any atom is 0.243 e. The number of thioether (sulfide) groups is 1. The fraction of sp³-hybridized carbons (Fsp3) is 0.350. The van der Waals surface area contributed by atoms with Crippen molar-refractivity contribution in [2.24, 2.45) is 0 Å². The fourth-order valence-electron chi connectivity index (χ4n) is 2.64. The highest BCUT2D eigenvalue weighted by Crippen LogP contribution is 2.28. The van der Waals surface area contributed by atoms with Crippen LogP contribution in [-0.2, 0) is 14.8 Å². The average Bonchev–Trinajstić information content (AvgIpc) is 2.69. The Morgan fingerprint density at radius 3 is 2.45 bits per heavy atom. The van der Waals surface area contributed by atoms with Crippen LogP contribution in [0, 0.1) is 0 Å². The quantitative estimate of drug-likeness (QED) is 0.578. The van der Waals surface area contributed by atoms with E-state index in [1.165, 1.54) is 25.2 Å². The van der Waals surface area contributed by atoms with Crippen molar-refractivity contribution in [1.82, 2.24) is 9.62 Å². The van der Waals surface area contributed by atoms with E-state index in [1.54, 1.807) is 11.8 Å². The number of sulfonamides is 1. The first-order valence-corrected chi connectivity index (χ1v) is 12.0. The van der Waals surface area contributed by atoms with Gasteiger partial charge in [-0.15, -0.1) is 11.8 Å². The molecule has 158 valence electrons. The summed E-state index contributed by atoms with van der Waals surface area (Å²) in [6.45, 7) is 3.78.